The van der Waals surface area contributed by atoms with Crippen molar-refractivity contribution in [1.29, 1.82) is 0 Å². The fraction of sp³-hybridized carbons (Fsp3) is 0.529. The number of halogens is 2. The van der Waals surface area contributed by atoms with E-state index in [-0.39, 0.29) is 30.3 Å². The van der Waals surface area contributed by atoms with E-state index in [9.17, 15) is 9.59 Å². The van der Waals surface area contributed by atoms with Gasteiger partial charge in [0.05, 0.1) is 5.69 Å². The van der Waals surface area contributed by atoms with Crippen LogP contribution in [0.2, 0.25) is 0 Å². The Balaban J connectivity index is 0.00000208. The predicted octanol–water partition coefficient (Wildman–Crippen LogP) is 2.34. The Morgan fingerprint density at radius 2 is 2.08 bits per heavy atom. The number of benzene rings is 1. The number of carbonyl (C=O) groups excluding carboxylic acids is 2. The molecule has 1 aromatic carbocycles. The molecule has 0 saturated carbocycles. The summed E-state index contributed by atoms with van der Waals surface area (Å²) < 4.78 is 0.876. The number of anilines is 1. The molecule has 2 amide bonds. The van der Waals surface area contributed by atoms with Crippen LogP contribution in [0.5, 0.6) is 0 Å². The maximum absolute atomic E-state index is 12.7. The van der Waals surface area contributed by atoms with Gasteiger partial charge in [0.1, 0.15) is 5.92 Å². The summed E-state index contributed by atoms with van der Waals surface area (Å²) in [7, 11) is 0. The highest BCUT2D eigenvalue weighted by molar-refractivity contribution is 9.10. The number of hydrogen-bond donors (Lipinski definition) is 2. The predicted molar refractivity (Wildman–Crippen MR) is 100 cm³/mol. The Bertz CT molecular complexity index is 613. The molecule has 2 saturated heterocycles. The second-order valence-corrected chi connectivity index (χ2v) is 7.22. The Kier molecular flexibility index (Phi) is 6.66. The van der Waals surface area contributed by atoms with Crippen molar-refractivity contribution in [3.63, 3.8) is 0 Å². The minimum atomic E-state index is -0.566. The van der Waals surface area contributed by atoms with E-state index in [1.807, 2.05) is 24.3 Å². The summed E-state index contributed by atoms with van der Waals surface area (Å²) in [5.74, 6) is -0.396. The summed E-state index contributed by atoms with van der Waals surface area (Å²) in [6.45, 7) is 4.53. The van der Waals surface area contributed by atoms with Crippen molar-refractivity contribution in [2.45, 2.75) is 25.8 Å². The molecule has 2 N–H and O–H groups in total. The summed E-state index contributed by atoms with van der Waals surface area (Å²) in [4.78, 5) is 26.9. The van der Waals surface area contributed by atoms with Gasteiger partial charge in [-0.2, -0.15) is 0 Å². The largest absolute Gasteiger partial charge is 0.352 e. The first-order valence-electron chi connectivity index (χ1n) is 8.15. The minimum Gasteiger partial charge on any atom is -0.352 e. The number of carbonyl (C=O) groups is 2. The van der Waals surface area contributed by atoms with E-state index in [2.05, 4.69) is 33.5 Å². The van der Waals surface area contributed by atoms with Crippen LogP contribution in [0.1, 0.15) is 19.8 Å². The van der Waals surface area contributed by atoms with Crippen LogP contribution >= 0.6 is 28.3 Å². The van der Waals surface area contributed by atoms with Gasteiger partial charge in [0, 0.05) is 17.1 Å². The molecule has 2 fully saturated rings. The van der Waals surface area contributed by atoms with E-state index in [0.717, 1.165) is 29.7 Å². The maximum Gasteiger partial charge on any atom is 0.239 e. The third-order valence-corrected chi connectivity index (χ3v) is 5.45. The number of nitrogens with one attached hydrogen (secondary N) is 2. The molecule has 2 aliphatic heterocycles. The molecular weight excluding hydrogens is 394 g/mol. The number of hydrogen-bond acceptors (Lipinski definition) is 3. The molecule has 2 heterocycles. The van der Waals surface area contributed by atoms with E-state index in [0.29, 0.717) is 18.9 Å². The van der Waals surface area contributed by atoms with Gasteiger partial charge >= 0.3 is 0 Å². The second-order valence-electron chi connectivity index (χ2n) is 6.37. The highest BCUT2D eigenvalue weighted by Gasteiger charge is 2.39. The monoisotopic (exact) mass is 415 g/mol. The van der Waals surface area contributed by atoms with E-state index < -0.39 is 5.92 Å². The van der Waals surface area contributed by atoms with Crippen LogP contribution in [-0.4, -0.2) is 37.5 Å². The molecule has 0 aliphatic carbocycles. The Morgan fingerprint density at radius 1 is 1.33 bits per heavy atom. The molecule has 3 rings (SSSR count). The molecule has 3 unspecified atom stereocenters. The molecule has 5 nitrogen and oxygen atoms in total. The number of amides is 2. The van der Waals surface area contributed by atoms with Gasteiger partial charge in [-0.1, -0.05) is 19.1 Å². The molecule has 0 radical (unpaired) electrons. The Labute approximate surface area is 157 Å². The van der Waals surface area contributed by atoms with E-state index >= 15 is 0 Å². The summed E-state index contributed by atoms with van der Waals surface area (Å²) in [5.41, 5.74) is 0.836. The van der Waals surface area contributed by atoms with Crippen molar-refractivity contribution in [3.05, 3.63) is 28.7 Å². The summed E-state index contributed by atoms with van der Waals surface area (Å²) >= 11 is 3.48. The van der Waals surface area contributed by atoms with Gasteiger partial charge in [-0.25, -0.2) is 0 Å². The molecule has 0 aromatic heterocycles. The zero-order valence-electron chi connectivity index (χ0n) is 13.6. The number of para-hydroxylation sites is 1. The van der Waals surface area contributed by atoms with Crippen molar-refractivity contribution >= 4 is 45.8 Å². The highest BCUT2D eigenvalue weighted by Crippen LogP contribution is 2.31. The molecule has 24 heavy (non-hydrogen) atoms. The molecule has 132 valence electrons. The molecule has 3 atom stereocenters. The number of piperidine rings is 1. The van der Waals surface area contributed by atoms with Gasteiger partial charge in [-0.15, -0.1) is 12.4 Å². The van der Waals surface area contributed by atoms with Crippen molar-refractivity contribution < 1.29 is 9.59 Å². The average molecular weight is 417 g/mol. The zero-order chi connectivity index (χ0) is 16.4. The minimum absolute atomic E-state index is 0. The van der Waals surface area contributed by atoms with E-state index in [1.54, 1.807) is 4.90 Å². The summed E-state index contributed by atoms with van der Waals surface area (Å²) in [6.07, 6.45) is 1.49. The van der Waals surface area contributed by atoms with Crippen LogP contribution in [0.3, 0.4) is 0 Å². The SMILES string of the molecule is CC1CNCCC1NC(=O)C1CCN(c2ccccc2Br)C1=O.Cl. The molecule has 2 aliphatic rings. The van der Waals surface area contributed by atoms with Crippen LogP contribution in [0.25, 0.3) is 0 Å². The van der Waals surface area contributed by atoms with Crippen molar-refractivity contribution in [3.8, 4) is 0 Å². The fourth-order valence-corrected chi connectivity index (χ4v) is 3.84. The van der Waals surface area contributed by atoms with Gasteiger partial charge in [-0.05, 0) is 59.9 Å². The van der Waals surface area contributed by atoms with Crippen molar-refractivity contribution in [2.24, 2.45) is 11.8 Å². The summed E-state index contributed by atoms with van der Waals surface area (Å²) in [6, 6.07) is 7.78. The molecule has 7 heteroatoms. The fourth-order valence-electron chi connectivity index (χ4n) is 3.34. The standard InChI is InChI=1S/C17H22BrN3O2.ClH/c1-11-10-19-8-6-14(11)20-16(22)12-7-9-21(17(12)23)15-5-3-2-4-13(15)18;/h2-5,11-12,14,19H,6-10H2,1H3,(H,20,22);1H. The lowest BCUT2D eigenvalue weighted by atomic mass is 9.94. The quantitative estimate of drug-likeness (QED) is 0.744. The lowest BCUT2D eigenvalue weighted by molar-refractivity contribution is -0.132. The molecule has 0 bridgehead atoms. The lowest BCUT2D eigenvalue weighted by Crippen LogP contribution is -2.50. The van der Waals surface area contributed by atoms with Gasteiger partial charge in [0.2, 0.25) is 11.8 Å². The van der Waals surface area contributed by atoms with Crippen molar-refractivity contribution in [2.75, 3.05) is 24.5 Å². The topological polar surface area (TPSA) is 61.4 Å². The first-order chi connectivity index (χ1) is 11.1. The average Bonchev–Trinajstić information content (AvgIpc) is 2.92. The van der Waals surface area contributed by atoms with Crippen LogP contribution in [0.15, 0.2) is 28.7 Å². The summed E-state index contributed by atoms with van der Waals surface area (Å²) in [5, 5.41) is 6.41. The van der Waals surface area contributed by atoms with E-state index in [1.165, 1.54) is 0 Å². The van der Waals surface area contributed by atoms with Gasteiger partial charge in [0.25, 0.3) is 0 Å². The Morgan fingerprint density at radius 3 is 2.79 bits per heavy atom. The van der Waals surface area contributed by atoms with Gasteiger partial charge in [0.15, 0.2) is 0 Å². The maximum atomic E-state index is 12.7. The Hall–Kier alpha value is -1.11. The van der Waals surface area contributed by atoms with Crippen molar-refractivity contribution in [1.82, 2.24) is 10.6 Å². The number of nitrogens with zero attached hydrogens (tertiary/aromatic N) is 1. The first-order valence-corrected chi connectivity index (χ1v) is 8.94. The van der Waals surface area contributed by atoms with Crippen LogP contribution in [0.4, 0.5) is 5.69 Å². The zero-order valence-corrected chi connectivity index (χ0v) is 16.0. The normalized spacial score (nSPS) is 26.8. The van der Waals surface area contributed by atoms with Crippen LogP contribution in [-0.2, 0) is 9.59 Å². The van der Waals surface area contributed by atoms with Gasteiger partial charge in [-0.3, -0.25) is 9.59 Å². The smallest absolute Gasteiger partial charge is 0.239 e. The van der Waals surface area contributed by atoms with Gasteiger partial charge < -0.3 is 15.5 Å². The lowest BCUT2D eigenvalue weighted by Gasteiger charge is -2.30. The van der Waals surface area contributed by atoms with Crippen LogP contribution in [0, 0.1) is 11.8 Å². The third kappa shape index (κ3) is 3.92. The molecule has 0 spiro atoms. The first kappa shape index (κ1) is 19.2. The molecule has 1 aromatic rings. The molecular formula is C17H23BrClN3O2. The third-order valence-electron chi connectivity index (χ3n) is 4.78. The highest BCUT2D eigenvalue weighted by atomic mass is 79.9. The second kappa shape index (κ2) is 8.32. The van der Waals surface area contributed by atoms with E-state index in [4.69, 9.17) is 0 Å². The number of rotatable bonds is 3. The van der Waals surface area contributed by atoms with Crippen LogP contribution < -0.4 is 15.5 Å².